The van der Waals surface area contributed by atoms with Gasteiger partial charge in [-0.2, -0.15) is 28.1 Å². The number of benzene rings is 1. The maximum Gasteiger partial charge on any atom is 0.433 e. The summed E-state index contributed by atoms with van der Waals surface area (Å²) in [5, 5.41) is 21.2. The van der Waals surface area contributed by atoms with E-state index in [9.17, 15) is 36.3 Å². The van der Waals surface area contributed by atoms with Crippen molar-refractivity contribution < 1.29 is 35.9 Å². The zero-order valence-corrected chi connectivity index (χ0v) is 22.3. The Morgan fingerprint density at radius 2 is 1.86 bits per heavy atom. The molecular weight excluding hydrogens is 604 g/mol. The summed E-state index contributed by atoms with van der Waals surface area (Å²) in [4.78, 5) is 14.9. The summed E-state index contributed by atoms with van der Waals surface area (Å²) in [6, 6.07) is 6.97. The van der Waals surface area contributed by atoms with E-state index in [1.165, 1.54) is 52.2 Å². The van der Waals surface area contributed by atoms with Gasteiger partial charge in [0.2, 0.25) is 5.69 Å². The number of nitrogens with zero attached hydrogens (tertiary/aromatic N) is 6. The molecule has 0 radical (unpaired) electrons. The average Bonchev–Trinajstić information content (AvgIpc) is 3.63. The minimum atomic E-state index is -4.69. The van der Waals surface area contributed by atoms with Crippen molar-refractivity contribution in [2.75, 3.05) is 0 Å². The van der Waals surface area contributed by atoms with Gasteiger partial charge in [-0.3, -0.25) is 19.1 Å². The lowest BCUT2D eigenvalue weighted by Crippen LogP contribution is -2.37. The van der Waals surface area contributed by atoms with E-state index in [0.717, 1.165) is 30.6 Å². The smallest absolute Gasteiger partial charge is 0.433 e. The molecule has 0 saturated heterocycles. The minimum Gasteiger partial charge on any atom is -0.618 e. The van der Waals surface area contributed by atoms with Crippen molar-refractivity contribution in [3.8, 4) is 22.3 Å². The highest BCUT2D eigenvalue weighted by Crippen LogP contribution is 2.36. The first kappa shape index (κ1) is 29.6. The second-order valence-corrected chi connectivity index (χ2v) is 9.64. The van der Waals surface area contributed by atoms with E-state index in [1.54, 1.807) is 0 Å². The molecule has 0 saturated carbocycles. The number of hydrogen-bond donors (Lipinski definition) is 1. The van der Waals surface area contributed by atoms with Crippen LogP contribution in [0, 0.1) is 11.0 Å². The SMILES string of the molecule is NC(=O)c1ccn(C[C@@H](c2ccc(-c3c(C(F)F)ccc(Cl)c3F)c[n+]2[O-])n2cc(-c3ccnc(C(F)(F)F)c3)cn2)n1. The highest BCUT2D eigenvalue weighted by atomic mass is 35.5. The number of amides is 1. The molecule has 4 aromatic heterocycles. The van der Waals surface area contributed by atoms with Crippen molar-refractivity contribution in [1.29, 1.82) is 0 Å². The van der Waals surface area contributed by atoms with Gasteiger partial charge in [0.25, 0.3) is 12.3 Å². The molecule has 1 atom stereocenters. The van der Waals surface area contributed by atoms with E-state index in [4.69, 9.17) is 17.3 Å². The van der Waals surface area contributed by atoms with Gasteiger partial charge in [-0.15, -0.1) is 0 Å². The summed E-state index contributed by atoms with van der Waals surface area (Å²) < 4.78 is 84.8. The van der Waals surface area contributed by atoms with Gasteiger partial charge in [-0.25, -0.2) is 13.2 Å². The summed E-state index contributed by atoms with van der Waals surface area (Å²) in [5.74, 6) is -1.94. The second kappa shape index (κ2) is 11.4. The van der Waals surface area contributed by atoms with E-state index in [0.29, 0.717) is 4.73 Å². The van der Waals surface area contributed by atoms with Crippen LogP contribution in [-0.4, -0.2) is 30.5 Å². The fourth-order valence-corrected chi connectivity index (χ4v) is 4.60. The molecule has 5 aromatic rings. The van der Waals surface area contributed by atoms with E-state index < -0.39 is 52.2 Å². The van der Waals surface area contributed by atoms with E-state index >= 15 is 0 Å². The fraction of sp³-hybridized carbons (Fsp3) is 0.148. The molecule has 1 amide bonds. The van der Waals surface area contributed by atoms with Gasteiger partial charge < -0.3 is 10.9 Å². The van der Waals surface area contributed by atoms with Gasteiger partial charge in [-0.1, -0.05) is 17.7 Å². The Hall–Kier alpha value is -4.92. The third-order valence-electron chi connectivity index (χ3n) is 6.49. The number of halogens is 7. The molecule has 0 aliphatic heterocycles. The number of carbonyl (C=O) groups is 1. The van der Waals surface area contributed by atoms with Crippen molar-refractivity contribution in [1.82, 2.24) is 24.5 Å². The number of primary amides is 1. The monoisotopic (exact) mass is 621 g/mol. The molecule has 222 valence electrons. The second-order valence-electron chi connectivity index (χ2n) is 9.23. The molecule has 0 fully saturated rings. The van der Waals surface area contributed by atoms with Crippen LogP contribution in [-0.2, 0) is 12.7 Å². The topological polar surface area (TPSA) is 119 Å². The lowest BCUT2D eigenvalue weighted by molar-refractivity contribution is -0.615. The van der Waals surface area contributed by atoms with Crippen molar-refractivity contribution in [3.05, 3.63) is 112 Å². The molecule has 16 heteroatoms. The van der Waals surface area contributed by atoms with Gasteiger partial charge in [0.1, 0.15) is 17.2 Å². The van der Waals surface area contributed by atoms with Crippen molar-refractivity contribution in [2.45, 2.75) is 25.2 Å². The fourth-order valence-electron chi connectivity index (χ4n) is 4.45. The zero-order valence-electron chi connectivity index (χ0n) is 21.5. The van der Waals surface area contributed by atoms with Crippen LogP contribution >= 0.6 is 11.6 Å². The third kappa shape index (κ3) is 6.02. The van der Waals surface area contributed by atoms with Crippen molar-refractivity contribution >= 4 is 17.5 Å². The zero-order chi connectivity index (χ0) is 31.1. The largest absolute Gasteiger partial charge is 0.618 e. The number of aromatic nitrogens is 6. The molecule has 0 bridgehead atoms. The molecular formula is C27H18ClF6N7O2. The Kier molecular flexibility index (Phi) is 7.84. The van der Waals surface area contributed by atoms with Gasteiger partial charge >= 0.3 is 6.18 Å². The number of hydrogen-bond acceptors (Lipinski definition) is 5. The van der Waals surface area contributed by atoms with Gasteiger partial charge in [0.05, 0.1) is 23.3 Å². The maximum absolute atomic E-state index is 14.9. The number of rotatable bonds is 8. The first-order valence-corrected chi connectivity index (χ1v) is 12.6. The molecule has 1 aromatic carbocycles. The summed E-state index contributed by atoms with van der Waals surface area (Å²) in [6.07, 6.45) is -1.79. The molecule has 2 N–H and O–H groups in total. The quantitative estimate of drug-likeness (QED) is 0.138. The van der Waals surface area contributed by atoms with Crippen molar-refractivity contribution in [2.24, 2.45) is 5.73 Å². The van der Waals surface area contributed by atoms with Crippen LogP contribution in [0.4, 0.5) is 26.3 Å². The molecule has 0 unspecified atom stereocenters. The number of carbonyl (C=O) groups excluding carboxylic acids is 1. The molecule has 9 nitrogen and oxygen atoms in total. The summed E-state index contributed by atoms with van der Waals surface area (Å²) in [7, 11) is 0. The molecule has 4 heterocycles. The van der Waals surface area contributed by atoms with E-state index in [2.05, 4.69) is 15.2 Å². The standard InChI is InChI=1S/C27H18ClF6N7O2/c28-18-3-2-17(25(30)31)23(24(18)29)15-1-4-20(41(43)12-15)21(13-39-8-6-19(38-39)26(35)42)40-11-16(10-37-40)14-5-7-36-22(9-14)27(32,33)34/h1-12,21,25H,13H2,(H2,35,42)/t21-/m0/s1. The normalized spacial score (nSPS) is 12.6. The highest BCUT2D eigenvalue weighted by Gasteiger charge is 2.33. The first-order valence-electron chi connectivity index (χ1n) is 12.2. The van der Waals surface area contributed by atoms with Crippen LogP contribution in [0.2, 0.25) is 5.02 Å². The lowest BCUT2D eigenvalue weighted by atomic mass is 9.99. The van der Waals surface area contributed by atoms with Crippen LogP contribution in [0.5, 0.6) is 0 Å². The Morgan fingerprint density at radius 3 is 2.51 bits per heavy atom. The predicted molar refractivity (Wildman–Crippen MR) is 140 cm³/mol. The molecule has 0 spiro atoms. The molecule has 5 rings (SSSR count). The minimum absolute atomic E-state index is 0.0266. The van der Waals surface area contributed by atoms with Gasteiger partial charge in [0.15, 0.2) is 12.2 Å². The predicted octanol–water partition coefficient (Wildman–Crippen LogP) is 5.58. The van der Waals surface area contributed by atoms with E-state index in [1.807, 2.05) is 0 Å². The van der Waals surface area contributed by atoms with Crippen LogP contribution < -0.4 is 10.5 Å². The summed E-state index contributed by atoms with van der Waals surface area (Å²) >= 11 is 5.82. The Bertz CT molecular complexity index is 1820. The summed E-state index contributed by atoms with van der Waals surface area (Å²) in [6.45, 7) is -0.131. The van der Waals surface area contributed by atoms with Crippen LogP contribution in [0.3, 0.4) is 0 Å². The van der Waals surface area contributed by atoms with Crippen LogP contribution in [0.25, 0.3) is 22.3 Å². The molecule has 43 heavy (non-hydrogen) atoms. The first-order chi connectivity index (χ1) is 20.3. The number of pyridine rings is 2. The van der Waals surface area contributed by atoms with Crippen LogP contribution in [0.1, 0.15) is 39.9 Å². The Morgan fingerprint density at radius 1 is 1.09 bits per heavy atom. The highest BCUT2D eigenvalue weighted by molar-refractivity contribution is 6.31. The maximum atomic E-state index is 14.9. The third-order valence-corrected chi connectivity index (χ3v) is 6.79. The Balaban J connectivity index is 1.59. The number of nitrogens with two attached hydrogens (primary N) is 1. The molecule has 0 aliphatic carbocycles. The lowest BCUT2D eigenvalue weighted by Gasteiger charge is -2.18. The van der Waals surface area contributed by atoms with Crippen molar-refractivity contribution in [3.63, 3.8) is 0 Å². The van der Waals surface area contributed by atoms with Crippen LogP contribution in [0.15, 0.2) is 73.4 Å². The number of alkyl halides is 5. The molecule has 0 aliphatic rings. The summed E-state index contributed by atoms with van der Waals surface area (Å²) in [5.41, 5.74) is 3.06. The Labute approximate surface area is 243 Å². The average molecular weight is 622 g/mol. The van der Waals surface area contributed by atoms with Gasteiger partial charge in [0, 0.05) is 41.3 Å². The van der Waals surface area contributed by atoms with Gasteiger partial charge in [-0.05, 0) is 35.9 Å². The van der Waals surface area contributed by atoms with E-state index in [-0.39, 0.29) is 34.6 Å².